The molecule has 9 heavy (non-hydrogen) atoms. The molecule has 0 spiro atoms. The lowest BCUT2D eigenvalue weighted by atomic mass is 9.94. The van der Waals surface area contributed by atoms with E-state index in [4.69, 9.17) is 0 Å². The van der Waals surface area contributed by atoms with Crippen LogP contribution >= 0.6 is 0 Å². The van der Waals surface area contributed by atoms with Gasteiger partial charge in [-0.25, -0.2) is 5.43 Å². The fourth-order valence-corrected chi connectivity index (χ4v) is 0.962. The average molecular weight is 130 g/mol. The lowest BCUT2D eigenvalue weighted by Crippen LogP contribution is -2.49. The lowest BCUT2D eigenvalue weighted by Gasteiger charge is -2.26. The highest BCUT2D eigenvalue weighted by atomic mass is 16.3. The van der Waals surface area contributed by atoms with E-state index in [1.54, 1.807) is 6.92 Å². The second kappa shape index (κ2) is 2.25. The number of aliphatic hydroxyl groups excluding tert-OH is 1. The minimum Gasteiger partial charge on any atom is -0.391 e. The third-order valence-electron chi connectivity index (χ3n) is 2.07. The Morgan fingerprint density at radius 3 is 2.56 bits per heavy atom. The first kappa shape index (κ1) is 6.99. The van der Waals surface area contributed by atoms with Crippen LogP contribution in [0.3, 0.4) is 0 Å². The molecule has 1 rings (SSSR count). The summed E-state index contributed by atoms with van der Waals surface area (Å²) in [5, 5.41) is 9.21. The minimum atomic E-state index is -0.285. The molecule has 0 radical (unpaired) electrons. The molecule has 2 atom stereocenters. The SMILES string of the molecule is CC(O)C1(C)CCNN1. The largest absolute Gasteiger partial charge is 0.391 e. The molecule has 0 aromatic heterocycles. The lowest BCUT2D eigenvalue weighted by molar-refractivity contribution is 0.0946. The maximum absolute atomic E-state index is 9.21. The van der Waals surface area contributed by atoms with Crippen LogP contribution in [0, 0.1) is 0 Å². The average Bonchev–Trinajstić information content (AvgIpc) is 2.16. The maximum atomic E-state index is 9.21. The number of hydrogen-bond acceptors (Lipinski definition) is 3. The summed E-state index contributed by atoms with van der Waals surface area (Å²) >= 11 is 0. The van der Waals surface area contributed by atoms with E-state index >= 15 is 0 Å². The number of nitrogens with one attached hydrogen (secondary N) is 2. The summed E-state index contributed by atoms with van der Waals surface area (Å²) in [5.74, 6) is 0. The van der Waals surface area contributed by atoms with Crippen molar-refractivity contribution in [3.8, 4) is 0 Å². The Labute approximate surface area is 55.4 Å². The molecule has 1 aliphatic heterocycles. The Morgan fingerprint density at radius 2 is 2.33 bits per heavy atom. The van der Waals surface area contributed by atoms with Gasteiger partial charge in [0.05, 0.1) is 11.6 Å². The van der Waals surface area contributed by atoms with E-state index in [0.717, 1.165) is 13.0 Å². The molecule has 0 aliphatic carbocycles. The molecule has 0 bridgehead atoms. The summed E-state index contributed by atoms with van der Waals surface area (Å²) in [5.41, 5.74) is 5.91. The van der Waals surface area contributed by atoms with Gasteiger partial charge in [0.1, 0.15) is 0 Å². The quantitative estimate of drug-likeness (QED) is 0.453. The first-order valence-corrected chi connectivity index (χ1v) is 3.33. The van der Waals surface area contributed by atoms with Crippen molar-refractivity contribution in [2.24, 2.45) is 0 Å². The molecule has 3 heteroatoms. The molecule has 0 amide bonds. The molecule has 2 unspecified atom stereocenters. The van der Waals surface area contributed by atoms with Crippen LogP contribution < -0.4 is 10.9 Å². The molecule has 54 valence electrons. The fraction of sp³-hybridized carbons (Fsp3) is 1.00. The smallest absolute Gasteiger partial charge is 0.0704 e. The normalized spacial score (nSPS) is 39.0. The Hall–Kier alpha value is -0.120. The number of hydrogen-bond donors (Lipinski definition) is 3. The van der Waals surface area contributed by atoms with E-state index in [-0.39, 0.29) is 11.6 Å². The molecule has 0 aromatic rings. The third-order valence-corrected chi connectivity index (χ3v) is 2.07. The molecule has 1 saturated heterocycles. The van der Waals surface area contributed by atoms with Gasteiger partial charge in [-0.15, -0.1) is 0 Å². The van der Waals surface area contributed by atoms with Crippen LogP contribution in [0.4, 0.5) is 0 Å². The van der Waals surface area contributed by atoms with Crippen molar-refractivity contribution >= 4 is 0 Å². The van der Waals surface area contributed by atoms with Gasteiger partial charge in [-0.05, 0) is 20.3 Å². The summed E-state index contributed by atoms with van der Waals surface area (Å²) in [7, 11) is 0. The van der Waals surface area contributed by atoms with E-state index in [0.29, 0.717) is 0 Å². The van der Waals surface area contributed by atoms with Crippen LogP contribution in [0.15, 0.2) is 0 Å². The standard InChI is InChI=1S/C6H14N2O/c1-5(9)6(2)3-4-7-8-6/h5,7-9H,3-4H2,1-2H3. The summed E-state index contributed by atoms with van der Waals surface area (Å²) in [4.78, 5) is 0. The first-order valence-electron chi connectivity index (χ1n) is 3.33. The van der Waals surface area contributed by atoms with Crippen molar-refractivity contribution in [1.29, 1.82) is 0 Å². The van der Waals surface area contributed by atoms with Crippen LogP contribution in [0.2, 0.25) is 0 Å². The molecule has 1 aliphatic rings. The molecular formula is C6H14N2O. The van der Waals surface area contributed by atoms with Gasteiger partial charge in [0.2, 0.25) is 0 Å². The molecule has 1 heterocycles. The van der Waals surface area contributed by atoms with Gasteiger partial charge >= 0.3 is 0 Å². The monoisotopic (exact) mass is 130 g/mol. The zero-order valence-electron chi connectivity index (χ0n) is 5.94. The molecule has 3 nitrogen and oxygen atoms in total. The second-order valence-electron chi connectivity index (χ2n) is 2.90. The Balaban J connectivity index is 2.51. The van der Waals surface area contributed by atoms with Gasteiger partial charge < -0.3 is 5.11 Å². The first-order chi connectivity index (χ1) is 4.15. The van der Waals surface area contributed by atoms with Crippen molar-refractivity contribution in [3.63, 3.8) is 0 Å². The summed E-state index contributed by atoms with van der Waals surface area (Å²) in [6, 6.07) is 0. The minimum absolute atomic E-state index is 0.111. The van der Waals surface area contributed by atoms with Gasteiger partial charge in [-0.3, -0.25) is 5.43 Å². The van der Waals surface area contributed by atoms with Crippen molar-refractivity contribution in [1.82, 2.24) is 10.9 Å². The van der Waals surface area contributed by atoms with Crippen LogP contribution in [0.5, 0.6) is 0 Å². The van der Waals surface area contributed by atoms with E-state index in [2.05, 4.69) is 10.9 Å². The van der Waals surface area contributed by atoms with Gasteiger partial charge in [0.25, 0.3) is 0 Å². The van der Waals surface area contributed by atoms with Crippen LogP contribution in [0.1, 0.15) is 20.3 Å². The van der Waals surface area contributed by atoms with Crippen LogP contribution in [-0.2, 0) is 0 Å². The second-order valence-corrected chi connectivity index (χ2v) is 2.90. The van der Waals surface area contributed by atoms with Gasteiger partial charge in [-0.1, -0.05) is 0 Å². The van der Waals surface area contributed by atoms with E-state index in [1.807, 2.05) is 6.92 Å². The fourth-order valence-electron chi connectivity index (χ4n) is 0.962. The number of rotatable bonds is 1. The highest BCUT2D eigenvalue weighted by Gasteiger charge is 2.32. The van der Waals surface area contributed by atoms with E-state index in [1.165, 1.54) is 0 Å². The van der Waals surface area contributed by atoms with Gasteiger partial charge in [0.15, 0.2) is 0 Å². The van der Waals surface area contributed by atoms with Crippen molar-refractivity contribution in [3.05, 3.63) is 0 Å². The maximum Gasteiger partial charge on any atom is 0.0704 e. The Morgan fingerprint density at radius 1 is 1.67 bits per heavy atom. The molecule has 0 saturated carbocycles. The number of hydrazine groups is 1. The van der Waals surface area contributed by atoms with Crippen molar-refractivity contribution in [2.45, 2.75) is 31.9 Å². The zero-order chi connectivity index (χ0) is 6.91. The number of aliphatic hydroxyl groups is 1. The Bertz CT molecular complexity index is 97.2. The molecular weight excluding hydrogens is 116 g/mol. The Kier molecular flexibility index (Phi) is 1.75. The molecule has 0 aromatic carbocycles. The predicted molar refractivity (Wildman–Crippen MR) is 35.8 cm³/mol. The summed E-state index contributed by atoms with van der Waals surface area (Å²) in [6.07, 6.45) is 0.706. The third kappa shape index (κ3) is 1.23. The van der Waals surface area contributed by atoms with Crippen LogP contribution in [-0.4, -0.2) is 23.3 Å². The van der Waals surface area contributed by atoms with Crippen molar-refractivity contribution < 1.29 is 5.11 Å². The summed E-state index contributed by atoms with van der Waals surface area (Å²) in [6.45, 7) is 4.76. The van der Waals surface area contributed by atoms with Crippen molar-refractivity contribution in [2.75, 3.05) is 6.54 Å². The van der Waals surface area contributed by atoms with Gasteiger partial charge in [0, 0.05) is 6.54 Å². The highest BCUT2D eigenvalue weighted by Crippen LogP contribution is 2.16. The van der Waals surface area contributed by atoms with E-state index in [9.17, 15) is 5.11 Å². The molecule has 1 fully saturated rings. The topological polar surface area (TPSA) is 44.3 Å². The highest BCUT2D eigenvalue weighted by molar-refractivity contribution is 4.91. The summed E-state index contributed by atoms with van der Waals surface area (Å²) < 4.78 is 0. The van der Waals surface area contributed by atoms with Crippen LogP contribution in [0.25, 0.3) is 0 Å². The predicted octanol–water partition coefficient (Wildman–Crippen LogP) is -0.376. The zero-order valence-corrected chi connectivity index (χ0v) is 5.94. The van der Waals surface area contributed by atoms with E-state index < -0.39 is 0 Å². The molecule has 3 N–H and O–H groups in total. The van der Waals surface area contributed by atoms with Gasteiger partial charge in [-0.2, -0.15) is 0 Å².